The highest BCUT2D eigenvalue weighted by Gasteiger charge is 1.92. The monoisotopic (exact) mass is 214 g/mol. The molecule has 1 aromatic rings. The zero-order valence-corrected chi connectivity index (χ0v) is 9.90. The van der Waals surface area contributed by atoms with E-state index in [1.165, 1.54) is 5.56 Å². The average Bonchev–Trinajstić information content (AvgIpc) is 2.30. The molecule has 0 unspecified atom stereocenters. The van der Waals surface area contributed by atoms with E-state index < -0.39 is 0 Å². The fourth-order valence-electron chi connectivity index (χ4n) is 1.19. The molecule has 0 fully saturated rings. The number of hydrogen-bond donors (Lipinski definition) is 1. The summed E-state index contributed by atoms with van der Waals surface area (Å²) in [5.41, 5.74) is 2.19. The molecule has 0 heterocycles. The summed E-state index contributed by atoms with van der Waals surface area (Å²) in [5.74, 6) is 0.867. The molecular formula is C14H18N2. The van der Waals surface area contributed by atoms with Gasteiger partial charge >= 0.3 is 0 Å². The van der Waals surface area contributed by atoms with Crippen molar-refractivity contribution in [1.29, 1.82) is 0 Å². The summed E-state index contributed by atoms with van der Waals surface area (Å²) in [7, 11) is 0. The van der Waals surface area contributed by atoms with Gasteiger partial charge in [-0.1, -0.05) is 36.9 Å². The Balaban J connectivity index is 2.50. The first kappa shape index (κ1) is 12.2. The van der Waals surface area contributed by atoms with Gasteiger partial charge in [0.05, 0.1) is 0 Å². The van der Waals surface area contributed by atoms with Gasteiger partial charge in [0.25, 0.3) is 0 Å². The zero-order chi connectivity index (χ0) is 11.8. The normalized spacial score (nSPS) is 11.8. The van der Waals surface area contributed by atoms with Gasteiger partial charge in [0.15, 0.2) is 0 Å². The molecule has 0 aliphatic rings. The van der Waals surface area contributed by atoms with Crippen molar-refractivity contribution < 1.29 is 0 Å². The maximum atomic E-state index is 4.28. The fraction of sp³-hybridized carbons (Fsp3) is 0.214. The van der Waals surface area contributed by atoms with Crippen molar-refractivity contribution >= 4 is 6.21 Å². The van der Waals surface area contributed by atoms with Crippen molar-refractivity contribution in [2.75, 3.05) is 0 Å². The van der Waals surface area contributed by atoms with Crippen molar-refractivity contribution in [2.24, 2.45) is 4.99 Å². The number of nitrogens with one attached hydrogen (secondary N) is 1. The van der Waals surface area contributed by atoms with E-state index in [1.807, 2.05) is 38.1 Å². The van der Waals surface area contributed by atoms with E-state index in [9.17, 15) is 0 Å². The molecule has 0 amide bonds. The summed E-state index contributed by atoms with van der Waals surface area (Å²) < 4.78 is 0. The van der Waals surface area contributed by atoms with Gasteiger partial charge in [-0.25, -0.2) is 4.99 Å². The van der Waals surface area contributed by atoms with Gasteiger partial charge in [-0.3, -0.25) is 0 Å². The summed E-state index contributed by atoms with van der Waals surface area (Å²) in [5, 5.41) is 3.26. The molecule has 0 radical (unpaired) electrons. The largest absolute Gasteiger partial charge is 0.366 e. The van der Waals surface area contributed by atoms with Gasteiger partial charge in [0.2, 0.25) is 0 Å². The van der Waals surface area contributed by atoms with Crippen LogP contribution >= 0.6 is 0 Å². The first-order valence-electron chi connectivity index (χ1n) is 5.36. The van der Waals surface area contributed by atoms with Gasteiger partial charge in [-0.2, -0.15) is 0 Å². The standard InChI is InChI=1S/C14H18N2/c1-4-14(15-10-12(2)3)16-11-13-8-6-5-7-9-13/h4-10,16H,2,11H2,1,3H3/b14-4+,15-10-. The molecule has 0 aromatic heterocycles. The molecule has 84 valence electrons. The molecule has 0 bridgehead atoms. The van der Waals surface area contributed by atoms with Crippen LogP contribution in [0.25, 0.3) is 0 Å². The van der Waals surface area contributed by atoms with Crippen molar-refractivity contribution in [3.63, 3.8) is 0 Å². The fourth-order valence-corrected chi connectivity index (χ4v) is 1.19. The first-order valence-corrected chi connectivity index (χ1v) is 5.36. The number of hydrogen-bond acceptors (Lipinski definition) is 2. The lowest BCUT2D eigenvalue weighted by Crippen LogP contribution is -2.11. The Kier molecular flexibility index (Phi) is 5.06. The van der Waals surface area contributed by atoms with Crippen LogP contribution in [0.4, 0.5) is 0 Å². The Morgan fingerprint density at radius 3 is 2.62 bits per heavy atom. The van der Waals surface area contributed by atoms with Crippen LogP contribution in [0.3, 0.4) is 0 Å². The predicted molar refractivity (Wildman–Crippen MR) is 70.3 cm³/mol. The molecule has 0 saturated heterocycles. The van der Waals surface area contributed by atoms with Gasteiger partial charge in [0, 0.05) is 12.8 Å². The van der Waals surface area contributed by atoms with E-state index in [4.69, 9.17) is 0 Å². The first-order chi connectivity index (χ1) is 7.72. The SMILES string of the molecule is C=C(C)/C=N\C(=C/C)NCc1ccccc1. The van der Waals surface area contributed by atoms with Crippen LogP contribution in [-0.2, 0) is 6.54 Å². The Morgan fingerprint density at radius 1 is 1.38 bits per heavy atom. The average molecular weight is 214 g/mol. The number of aliphatic imine (C=N–C) groups is 1. The number of benzene rings is 1. The zero-order valence-electron chi connectivity index (χ0n) is 9.90. The summed E-state index contributed by atoms with van der Waals surface area (Å²) >= 11 is 0. The van der Waals surface area contributed by atoms with Crippen molar-refractivity contribution in [3.8, 4) is 0 Å². The Labute approximate surface area is 97.4 Å². The quantitative estimate of drug-likeness (QED) is 0.747. The van der Waals surface area contributed by atoms with E-state index in [0.717, 1.165) is 17.9 Å². The van der Waals surface area contributed by atoms with E-state index in [1.54, 1.807) is 6.21 Å². The molecule has 0 spiro atoms. The van der Waals surface area contributed by atoms with E-state index in [-0.39, 0.29) is 0 Å². The molecule has 1 N–H and O–H groups in total. The number of rotatable bonds is 5. The van der Waals surface area contributed by atoms with Gasteiger partial charge in [-0.15, -0.1) is 0 Å². The molecular weight excluding hydrogens is 196 g/mol. The smallest absolute Gasteiger partial charge is 0.121 e. The van der Waals surface area contributed by atoms with Crippen LogP contribution < -0.4 is 5.32 Å². The second-order valence-electron chi connectivity index (χ2n) is 3.62. The van der Waals surface area contributed by atoms with Gasteiger partial charge < -0.3 is 5.32 Å². The highest BCUT2D eigenvalue weighted by Crippen LogP contribution is 2.00. The number of nitrogens with zero attached hydrogens (tertiary/aromatic N) is 1. The lowest BCUT2D eigenvalue weighted by molar-refractivity contribution is 0.799. The Morgan fingerprint density at radius 2 is 2.06 bits per heavy atom. The second-order valence-corrected chi connectivity index (χ2v) is 3.62. The molecule has 0 saturated carbocycles. The van der Waals surface area contributed by atoms with E-state index in [2.05, 4.69) is 29.0 Å². The highest BCUT2D eigenvalue weighted by atomic mass is 15.0. The molecule has 1 rings (SSSR count). The van der Waals surface area contributed by atoms with Crippen molar-refractivity contribution in [1.82, 2.24) is 5.32 Å². The van der Waals surface area contributed by atoms with Gasteiger partial charge in [-0.05, 0) is 31.1 Å². The number of allylic oxidation sites excluding steroid dienone is 2. The van der Waals surface area contributed by atoms with Crippen LogP contribution in [0.1, 0.15) is 19.4 Å². The Bertz CT molecular complexity index is 388. The lowest BCUT2D eigenvalue weighted by atomic mass is 10.2. The minimum absolute atomic E-state index is 0.786. The minimum Gasteiger partial charge on any atom is -0.366 e. The molecule has 16 heavy (non-hydrogen) atoms. The summed E-state index contributed by atoms with van der Waals surface area (Å²) in [6.07, 6.45) is 3.70. The van der Waals surface area contributed by atoms with E-state index in [0.29, 0.717) is 0 Å². The summed E-state index contributed by atoms with van der Waals surface area (Å²) in [6, 6.07) is 10.2. The van der Waals surface area contributed by atoms with Crippen LogP contribution in [0.2, 0.25) is 0 Å². The molecule has 0 aliphatic heterocycles. The van der Waals surface area contributed by atoms with Crippen molar-refractivity contribution in [2.45, 2.75) is 20.4 Å². The summed E-state index contributed by atoms with van der Waals surface area (Å²) in [4.78, 5) is 4.28. The molecule has 0 aliphatic carbocycles. The third-order valence-corrected chi connectivity index (χ3v) is 2.01. The third-order valence-electron chi connectivity index (χ3n) is 2.01. The topological polar surface area (TPSA) is 24.4 Å². The molecule has 2 nitrogen and oxygen atoms in total. The maximum Gasteiger partial charge on any atom is 0.121 e. The van der Waals surface area contributed by atoms with Crippen LogP contribution in [0, 0.1) is 0 Å². The molecule has 2 heteroatoms. The lowest BCUT2D eigenvalue weighted by Gasteiger charge is -2.06. The summed E-state index contributed by atoms with van der Waals surface area (Å²) in [6.45, 7) is 8.45. The van der Waals surface area contributed by atoms with Gasteiger partial charge in [0.1, 0.15) is 5.82 Å². The van der Waals surface area contributed by atoms with Crippen LogP contribution in [-0.4, -0.2) is 6.21 Å². The van der Waals surface area contributed by atoms with Crippen molar-refractivity contribution in [3.05, 3.63) is 59.9 Å². The molecule has 1 aromatic carbocycles. The third kappa shape index (κ3) is 4.60. The van der Waals surface area contributed by atoms with Crippen LogP contribution in [0.15, 0.2) is 59.4 Å². The van der Waals surface area contributed by atoms with E-state index >= 15 is 0 Å². The molecule has 0 atom stereocenters. The maximum absolute atomic E-state index is 4.28. The second kappa shape index (κ2) is 6.62. The van der Waals surface area contributed by atoms with Crippen LogP contribution in [0.5, 0.6) is 0 Å². The Hall–Kier alpha value is -1.83. The highest BCUT2D eigenvalue weighted by molar-refractivity contribution is 5.77. The minimum atomic E-state index is 0.786. The predicted octanol–water partition coefficient (Wildman–Crippen LogP) is 3.28.